The molecule has 0 bridgehead atoms. The van der Waals surface area contributed by atoms with Crippen LogP contribution in [0.25, 0.3) is 0 Å². The number of rotatable bonds is 3. The van der Waals surface area contributed by atoms with Gasteiger partial charge in [-0.05, 0) is 47.5 Å². The van der Waals surface area contributed by atoms with E-state index in [1.54, 1.807) is 6.92 Å². The summed E-state index contributed by atoms with van der Waals surface area (Å²) in [5.74, 6) is -0.863. The van der Waals surface area contributed by atoms with Crippen LogP contribution in [0.3, 0.4) is 0 Å². The number of carboxylic acid groups (broad SMARTS) is 1. The summed E-state index contributed by atoms with van der Waals surface area (Å²) in [4.78, 5) is 10.6. The number of aryl methyl sites for hydroxylation is 1. The topological polar surface area (TPSA) is 49.3 Å². The third-order valence-electron chi connectivity index (χ3n) is 1.87. The molecular formula is C10H12BrNO2. The number of hydrogen-bond donors (Lipinski definition) is 2. The molecule has 2 N–H and O–H groups in total. The van der Waals surface area contributed by atoms with Gasteiger partial charge in [-0.2, -0.15) is 0 Å². The molecule has 1 aromatic carbocycles. The predicted octanol–water partition coefficient (Wildman–Crippen LogP) is 2.64. The lowest BCUT2D eigenvalue weighted by Crippen LogP contribution is -2.25. The Balaban J connectivity index is 2.82. The number of benzene rings is 1. The fourth-order valence-corrected chi connectivity index (χ4v) is 1.64. The SMILES string of the molecule is Cc1ccc(N[C@H](C)C(=O)O)c(Br)c1. The van der Waals surface area contributed by atoms with Gasteiger partial charge in [-0.15, -0.1) is 0 Å². The molecule has 1 aromatic rings. The van der Waals surface area contributed by atoms with E-state index in [-0.39, 0.29) is 0 Å². The molecule has 76 valence electrons. The summed E-state index contributed by atoms with van der Waals surface area (Å²) in [5, 5.41) is 11.6. The van der Waals surface area contributed by atoms with Gasteiger partial charge in [0.05, 0.1) is 0 Å². The molecule has 0 saturated heterocycles. The maximum absolute atomic E-state index is 10.6. The van der Waals surface area contributed by atoms with Gasteiger partial charge < -0.3 is 10.4 Å². The molecule has 0 aliphatic rings. The second-order valence-corrected chi connectivity index (χ2v) is 4.04. The fraction of sp³-hybridized carbons (Fsp3) is 0.300. The molecule has 0 fully saturated rings. The highest BCUT2D eigenvalue weighted by atomic mass is 79.9. The Morgan fingerprint density at radius 2 is 2.21 bits per heavy atom. The largest absolute Gasteiger partial charge is 0.480 e. The Morgan fingerprint density at radius 3 is 2.71 bits per heavy atom. The van der Waals surface area contributed by atoms with E-state index in [9.17, 15) is 4.79 Å². The molecule has 1 rings (SSSR count). The van der Waals surface area contributed by atoms with Crippen molar-refractivity contribution >= 4 is 27.6 Å². The van der Waals surface area contributed by atoms with Crippen LogP contribution in [0.5, 0.6) is 0 Å². The number of anilines is 1. The highest BCUT2D eigenvalue weighted by Gasteiger charge is 2.11. The normalized spacial score (nSPS) is 12.2. The van der Waals surface area contributed by atoms with Crippen LogP contribution in [0.2, 0.25) is 0 Å². The number of hydrogen-bond acceptors (Lipinski definition) is 2. The van der Waals surface area contributed by atoms with Gasteiger partial charge in [-0.3, -0.25) is 4.79 Å². The van der Waals surface area contributed by atoms with E-state index < -0.39 is 12.0 Å². The third kappa shape index (κ3) is 2.73. The van der Waals surface area contributed by atoms with Crippen LogP contribution in [0.15, 0.2) is 22.7 Å². The zero-order chi connectivity index (χ0) is 10.7. The maximum Gasteiger partial charge on any atom is 0.325 e. The number of halogens is 1. The molecule has 1 atom stereocenters. The van der Waals surface area contributed by atoms with Crippen molar-refractivity contribution in [3.63, 3.8) is 0 Å². The van der Waals surface area contributed by atoms with Crippen LogP contribution in [0, 0.1) is 6.92 Å². The summed E-state index contributed by atoms with van der Waals surface area (Å²) in [6, 6.07) is 5.14. The first kappa shape index (κ1) is 11.0. The van der Waals surface area contributed by atoms with Crippen molar-refractivity contribution in [1.29, 1.82) is 0 Å². The van der Waals surface area contributed by atoms with E-state index >= 15 is 0 Å². The summed E-state index contributed by atoms with van der Waals surface area (Å²) in [6.45, 7) is 3.59. The molecule has 3 nitrogen and oxygen atoms in total. The average molecular weight is 258 g/mol. The minimum atomic E-state index is -0.863. The van der Waals surface area contributed by atoms with Gasteiger partial charge in [-0.1, -0.05) is 6.07 Å². The second-order valence-electron chi connectivity index (χ2n) is 3.19. The van der Waals surface area contributed by atoms with Gasteiger partial charge in [0.15, 0.2) is 0 Å². The van der Waals surface area contributed by atoms with Crippen LogP contribution >= 0.6 is 15.9 Å². The van der Waals surface area contributed by atoms with Gasteiger partial charge in [0.1, 0.15) is 6.04 Å². The van der Waals surface area contributed by atoms with Crippen molar-refractivity contribution < 1.29 is 9.90 Å². The van der Waals surface area contributed by atoms with Crippen LogP contribution in [-0.2, 0) is 4.79 Å². The molecule has 0 saturated carbocycles. The fourth-order valence-electron chi connectivity index (χ4n) is 1.03. The average Bonchev–Trinajstić information content (AvgIpc) is 2.09. The first-order valence-electron chi connectivity index (χ1n) is 4.26. The lowest BCUT2D eigenvalue weighted by Gasteiger charge is -2.12. The predicted molar refractivity (Wildman–Crippen MR) is 59.6 cm³/mol. The van der Waals surface area contributed by atoms with Crippen molar-refractivity contribution in [2.75, 3.05) is 5.32 Å². The van der Waals surface area contributed by atoms with Crippen LogP contribution < -0.4 is 5.32 Å². The standard InChI is InChI=1S/C10H12BrNO2/c1-6-3-4-9(8(11)5-6)12-7(2)10(13)14/h3-5,7,12H,1-2H3,(H,13,14)/t7-/m1/s1. The summed E-state index contributed by atoms with van der Waals surface area (Å²) >= 11 is 3.37. The second kappa shape index (κ2) is 4.46. The van der Waals surface area contributed by atoms with E-state index in [1.165, 1.54) is 0 Å². The minimum absolute atomic E-state index is 0.589. The maximum atomic E-state index is 10.6. The van der Waals surface area contributed by atoms with Crippen molar-refractivity contribution in [2.24, 2.45) is 0 Å². The zero-order valence-electron chi connectivity index (χ0n) is 8.04. The molecule has 0 aromatic heterocycles. The minimum Gasteiger partial charge on any atom is -0.480 e. The Hall–Kier alpha value is -1.03. The molecule has 0 heterocycles. The molecule has 0 radical (unpaired) electrons. The van der Waals surface area contributed by atoms with Crippen molar-refractivity contribution in [3.05, 3.63) is 28.2 Å². The van der Waals surface area contributed by atoms with E-state index in [0.717, 1.165) is 15.7 Å². The van der Waals surface area contributed by atoms with Gasteiger partial charge in [0.2, 0.25) is 0 Å². The highest BCUT2D eigenvalue weighted by molar-refractivity contribution is 9.10. The molecule has 0 spiro atoms. The number of aliphatic carboxylic acids is 1. The summed E-state index contributed by atoms with van der Waals surface area (Å²) in [7, 11) is 0. The number of carbonyl (C=O) groups is 1. The molecule has 0 aliphatic carbocycles. The van der Waals surface area contributed by atoms with Crippen molar-refractivity contribution in [2.45, 2.75) is 19.9 Å². The van der Waals surface area contributed by atoms with E-state index in [1.807, 2.05) is 25.1 Å². The van der Waals surface area contributed by atoms with Crippen molar-refractivity contribution in [3.8, 4) is 0 Å². The molecule has 0 amide bonds. The van der Waals surface area contributed by atoms with Crippen LogP contribution in [0.1, 0.15) is 12.5 Å². The highest BCUT2D eigenvalue weighted by Crippen LogP contribution is 2.23. The lowest BCUT2D eigenvalue weighted by atomic mass is 10.2. The molecular weight excluding hydrogens is 246 g/mol. The first-order valence-corrected chi connectivity index (χ1v) is 5.05. The Labute approximate surface area is 91.3 Å². The Morgan fingerprint density at radius 1 is 1.57 bits per heavy atom. The van der Waals surface area contributed by atoms with Crippen LogP contribution in [-0.4, -0.2) is 17.1 Å². The van der Waals surface area contributed by atoms with Crippen molar-refractivity contribution in [1.82, 2.24) is 0 Å². The summed E-state index contributed by atoms with van der Waals surface area (Å²) < 4.78 is 0.880. The smallest absolute Gasteiger partial charge is 0.325 e. The van der Waals surface area contributed by atoms with E-state index in [2.05, 4.69) is 21.2 Å². The lowest BCUT2D eigenvalue weighted by molar-refractivity contribution is -0.137. The first-order chi connectivity index (χ1) is 6.50. The van der Waals surface area contributed by atoms with Gasteiger partial charge >= 0.3 is 5.97 Å². The van der Waals surface area contributed by atoms with Gasteiger partial charge in [0.25, 0.3) is 0 Å². The van der Waals surface area contributed by atoms with Crippen LogP contribution in [0.4, 0.5) is 5.69 Å². The Bertz CT molecular complexity index is 352. The quantitative estimate of drug-likeness (QED) is 0.876. The Kier molecular flexibility index (Phi) is 3.52. The zero-order valence-corrected chi connectivity index (χ0v) is 9.63. The van der Waals surface area contributed by atoms with E-state index in [0.29, 0.717) is 0 Å². The van der Waals surface area contributed by atoms with Gasteiger partial charge in [0, 0.05) is 10.2 Å². The van der Waals surface area contributed by atoms with E-state index in [4.69, 9.17) is 5.11 Å². The monoisotopic (exact) mass is 257 g/mol. The molecule has 4 heteroatoms. The third-order valence-corrected chi connectivity index (χ3v) is 2.52. The summed E-state index contributed by atoms with van der Waals surface area (Å²) in [6.07, 6.45) is 0. The molecule has 14 heavy (non-hydrogen) atoms. The number of nitrogens with one attached hydrogen (secondary N) is 1. The number of carboxylic acids is 1. The molecule has 0 unspecified atom stereocenters. The van der Waals surface area contributed by atoms with Gasteiger partial charge in [-0.25, -0.2) is 0 Å². The summed E-state index contributed by atoms with van der Waals surface area (Å²) in [5.41, 5.74) is 1.93. The molecule has 0 aliphatic heterocycles.